The van der Waals surface area contributed by atoms with E-state index in [0.717, 1.165) is 44.8 Å². The summed E-state index contributed by atoms with van der Waals surface area (Å²) in [5.41, 5.74) is 6.99. The molecular formula is C29H27ClN2O5. The van der Waals surface area contributed by atoms with Gasteiger partial charge in [0, 0.05) is 18.2 Å². The van der Waals surface area contributed by atoms with Crippen molar-refractivity contribution >= 4 is 23.5 Å². The smallest absolute Gasteiger partial charge is 0.336 e. The Morgan fingerprint density at radius 3 is 2.32 bits per heavy atom. The van der Waals surface area contributed by atoms with E-state index in [0.29, 0.717) is 23.7 Å². The van der Waals surface area contributed by atoms with Crippen molar-refractivity contribution < 1.29 is 24.5 Å². The fourth-order valence-corrected chi connectivity index (χ4v) is 4.52. The van der Waals surface area contributed by atoms with Crippen LogP contribution in [0.2, 0.25) is 5.15 Å². The zero-order valence-electron chi connectivity index (χ0n) is 21.0. The Kier molecular flexibility index (Phi) is 7.36. The summed E-state index contributed by atoms with van der Waals surface area (Å²) in [7, 11) is 1.81. The highest BCUT2D eigenvalue weighted by Gasteiger charge is 2.17. The van der Waals surface area contributed by atoms with Gasteiger partial charge in [0.15, 0.2) is 0 Å². The monoisotopic (exact) mass is 518 g/mol. The second-order valence-corrected chi connectivity index (χ2v) is 9.39. The molecule has 1 heterocycles. The van der Waals surface area contributed by atoms with Crippen molar-refractivity contribution in [3.63, 3.8) is 0 Å². The number of carboxylic acids is 2. The Bertz CT molecular complexity index is 1520. The zero-order chi connectivity index (χ0) is 26.9. The van der Waals surface area contributed by atoms with Crippen molar-refractivity contribution in [2.75, 3.05) is 0 Å². The Labute approximate surface area is 219 Å². The van der Waals surface area contributed by atoms with E-state index in [4.69, 9.17) is 16.3 Å². The van der Waals surface area contributed by atoms with Gasteiger partial charge in [0.25, 0.3) is 0 Å². The fraction of sp³-hybridized carbons (Fsp3) is 0.207. The lowest BCUT2D eigenvalue weighted by Crippen LogP contribution is -2.09. The van der Waals surface area contributed by atoms with Gasteiger partial charge in [-0.25, -0.2) is 9.59 Å². The quantitative estimate of drug-likeness (QED) is 0.286. The highest BCUT2D eigenvalue weighted by Crippen LogP contribution is 2.31. The van der Waals surface area contributed by atoms with Gasteiger partial charge in [-0.3, -0.25) is 4.68 Å². The Balaban J connectivity index is 1.59. The van der Waals surface area contributed by atoms with E-state index in [1.54, 1.807) is 10.7 Å². The predicted octanol–water partition coefficient (Wildman–Crippen LogP) is 6.23. The number of benzene rings is 3. The number of carbonyl (C=O) groups is 2. The minimum atomic E-state index is -1.17. The molecule has 0 fully saturated rings. The molecule has 0 saturated heterocycles. The Hall–Kier alpha value is -4.10. The SMILES string of the molecule is Cc1cc(-c2nn(C)c(Cl)c2C)ccc1OCc1c(C)cccc1Cc1ccc(C(=O)O)cc1C(=O)O. The third-order valence-corrected chi connectivity index (χ3v) is 7.02. The fourth-order valence-electron chi connectivity index (χ4n) is 4.40. The van der Waals surface area contributed by atoms with Crippen LogP contribution in [0.15, 0.2) is 54.6 Å². The van der Waals surface area contributed by atoms with Gasteiger partial charge in [-0.2, -0.15) is 5.10 Å². The van der Waals surface area contributed by atoms with Crippen molar-refractivity contribution in [3.05, 3.63) is 104 Å². The minimum absolute atomic E-state index is 0.0235. The molecule has 8 heteroatoms. The lowest BCUT2D eigenvalue weighted by Gasteiger charge is -2.16. The second kappa shape index (κ2) is 10.5. The molecule has 4 aromatic rings. The van der Waals surface area contributed by atoms with E-state index in [9.17, 15) is 19.8 Å². The molecule has 3 aromatic carbocycles. The number of aromatic nitrogens is 2. The molecule has 0 aliphatic carbocycles. The highest BCUT2D eigenvalue weighted by molar-refractivity contribution is 6.30. The average molecular weight is 519 g/mol. The number of hydrogen-bond donors (Lipinski definition) is 2. The number of halogens is 1. The maximum Gasteiger partial charge on any atom is 0.336 e. The van der Waals surface area contributed by atoms with Gasteiger partial charge in [-0.05, 0) is 85.3 Å². The van der Waals surface area contributed by atoms with E-state index in [-0.39, 0.29) is 11.1 Å². The molecule has 0 atom stereocenters. The molecule has 0 radical (unpaired) electrons. The minimum Gasteiger partial charge on any atom is -0.489 e. The number of nitrogens with zero attached hydrogens (tertiary/aromatic N) is 2. The van der Waals surface area contributed by atoms with Gasteiger partial charge in [-0.15, -0.1) is 0 Å². The van der Waals surface area contributed by atoms with Gasteiger partial charge < -0.3 is 14.9 Å². The molecule has 0 spiro atoms. The maximum atomic E-state index is 11.8. The van der Waals surface area contributed by atoms with E-state index < -0.39 is 11.9 Å². The first-order valence-corrected chi connectivity index (χ1v) is 12.0. The lowest BCUT2D eigenvalue weighted by molar-refractivity contribution is 0.0695. The van der Waals surface area contributed by atoms with Crippen LogP contribution >= 0.6 is 11.6 Å². The highest BCUT2D eigenvalue weighted by atomic mass is 35.5. The molecule has 190 valence electrons. The Morgan fingerprint density at radius 2 is 1.70 bits per heavy atom. The summed E-state index contributed by atoms with van der Waals surface area (Å²) in [4.78, 5) is 23.1. The van der Waals surface area contributed by atoms with E-state index in [2.05, 4.69) is 5.10 Å². The standard InChI is InChI=1S/C29H27ClN2O5/c1-16-6-5-7-19(13-20-8-9-22(28(33)34)14-23(20)29(35)36)24(16)15-37-25-11-10-21(12-17(25)2)26-18(3)27(30)32(4)31-26/h5-12,14H,13,15H2,1-4H3,(H,33,34)(H,35,36). The van der Waals surface area contributed by atoms with Crippen molar-refractivity contribution in [2.45, 2.75) is 33.8 Å². The van der Waals surface area contributed by atoms with Gasteiger partial charge >= 0.3 is 11.9 Å². The predicted molar refractivity (Wildman–Crippen MR) is 142 cm³/mol. The van der Waals surface area contributed by atoms with E-state index >= 15 is 0 Å². The molecule has 0 aliphatic heterocycles. The molecule has 4 rings (SSSR count). The van der Waals surface area contributed by atoms with Crippen molar-refractivity contribution in [2.24, 2.45) is 7.05 Å². The summed E-state index contributed by atoms with van der Waals surface area (Å²) >= 11 is 6.29. The first-order valence-electron chi connectivity index (χ1n) is 11.7. The third kappa shape index (κ3) is 5.37. The van der Waals surface area contributed by atoms with Crippen LogP contribution in [0.5, 0.6) is 5.75 Å². The number of hydrogen-bond acceptors (Lipinski definition) is 4. The van der Waals surface area contributed by atoms with Crippen LogP contribution in [0.25, 0.3) is 11.3 Å². The number of ether oxygens (including phenoxy) is 1. The van der Waals surface area contributed by atoms with Crippen LogP contribution in [-0.2, 0) is 20.1 Å². The largest absolute Gasteiger partial charge is 0.489 e. The lowest BCUT2D eigenvalue weighted by atomic mass is 9.93. The molecule has 0 saturated carbocycles. The molecule has 37 heavy (non-hydrogen) atoms. The number of rotatable bonds is 8. The molecule has 0 aliphatic rings. The van der Waals surface area contributed by atoms with Gasteiger partial charge in [0.2, 0.25) is 0 Å². The van der Waals surface area contributed by atoms with Crippen LogP contribution in [0, 0.1) is 20.8 Å². The van der Waals surface area contributed by atoms with Crippen LogP contribution in [-0.4, -0.2) is 31.9 Å². The van der Waals surface area contributed by atoms with Crippen molar-refractivity contribution in [1.82, 2.24) is 9.78 Å². The number of aromatic carboxylic acids is 2. The maximum absolute atomic E-state index is 11.8. The second-order valence-electron chi connectivity index (χ2n) is 9.03. The summed E-state index contributed by atoms with van der Waals surface area (Å²) < 4.78 is 7.86. The van der Waals surface area contributed by atoms with Gasteiger partial charge in [0.1, 0.15) is 17.5 Å². The van der Waals surface area contributed by atoms with Crippen molar-refractivity contribution in [3.8, 4) is 17.0 Å². The molecule has 0 unspecified atom stereocenters. The van der Waals surface area contributed by atoms with E-state index in [1.165, 1.54) is 12.1 Å². The molecule has 0 amide bonds. The zero-order valence-corrected chi connectivity index (χ0v) is 21.8. The van der Waals surface area contributed by atoms with Crippen LogP contribution in [0.1, 0.15) is 54.1 Å². The summed E-state index contributed by atoms with van der Waals surface area (Å²) in [5.74, 6) is -1.60. The summed E-state index contributed by atoms with van der Waals surface area (Å²) in [6.07, 6.45) is 0.333. The first-order chi connectivity index (χ1) is 17.6. The summed E-state index contributed by atoms with van der Waals surface area (Å²) in [5, 5.41) is 24.0. The van der Waals surface area contributed by atoms with Crippen LogP contribution in [0.3, 0.4) is 0 Å². The summed E-state index contributed by atoms with van der Waals surface area (Å²) in [6.45, 7) is 6.19. The van der Waals surface area contributed by atoms with Gasteiger partial charge in [-0.1, -0.05) is 35.9 Å². The number of carboxylic acid groups (broad SMARTS) is 2. The average Bonchev–Trinajstić information content (AvgIpc) is 3.11. The molecule has 2 N–H and O–H groups in total. The molecule has 0 bridgehead atoms. The number of aryl methyl sites for hydroxylation is 3. The topological polar surface area (TPSA) is 102 Å². The third-order valence-electron chi connectivity index (χ3n) is 6.49. The van der Waals surface area contributed by atoms with Crippen molar-refractivity contribution in [1.29, 1.82) is 0 Å². The first kappa shape index (κ1) is 26.0. The van der Waals surface area contributed by atoms with Gasteiger partial charge in [0.05, 0.1) is 16.8 Å². The molecule has 1 aromatic heterocycles. The van der Waals surface area contributed by atoms with E-state index in [1.807, 2.05) is 64.2 Å². The Morgan fingerprint density at radius 1 is 0.946 bits per heavy atom. The normalized spacial score (nSPS) is 10.9. The van der Waals surface area contributed by atoms with Crippen LogP contribution in [0.4, 0.5) is 0 Å². The summed E-state index contributed by atoms with van der Waals surface area (Å²) in [6, 6.07) is 15.9. The molecular weight excluding hydrogens is 492 g/mol. The molecule has 7 nitrogen and oxygen atoms in total. The van der Waals surface area contributed by atoms with Crippen LogP contribution < -0.4 is 4.74 Å².